The van der Waals surface area contributed by atoms with E-state index < -0.39 is 0 Å². The van der Waals surface area contributed by atoms with E-state index in [4.69, 9.17) is 21.8 Å². The molecule has 1 unspecified atom stereocenters. The van der Waals surface area contributed by atoms with Crippen LogP contribution >= 0.6 is 12.2 Å². The summed E-state index contributed by atoms with van der Waals surface area (Å²) in [6.45, 7) is 4.87. The van der Waals surface area contributed by atoms with E-state index >= 15 is 0 Å². The molecule has 0 aromatic heterocycles. The van der Waals surface area contributed by atoms with Gasteiger partial charge in [-0.05, 0) is 36.8 Å². The first-order valence-corrected chi connectivity index (χ1v) is 8.28. The molecule has 0 bridgehead atoms. The number of nitrogens with zero attached hydrogens (tertiary/aromatic N) is 1. The highest BCUT2D eigenvalue weighted by molar-refractivity contribution is 7.80. The lowest BCUT2D eigenvalue weighted by atomic mass is 10.0. The fourth-order valence-corrected chi connectivity index (χ4v) is 2.35. The van der Waals surface area contributed by atoms with Crippen LogP contribution in [-0.4, -0.2) is 30.9 Å². The fraction of sp³-hybridized carbons (Fsp3) is 0.316. The zero-order chi connectivity index (χ0) is 17.5. The molecule has 0 spiro atoms. The van der Waals surface area contributed by atoms with Crippen LogP contribution in [0.25, 0.3) is 0 Å². The molecule has 1 N–H and O–H groups in total. The quantitative estimate of drug-likeness (QED) is 0.622. The first-order chi connectivity index (χ1) is 11.5. The molecular weight excluding hydrogens is 320 g/mol. The van der Waals surface area contributed by atoms with Crippen molar-refractivity contribution in [2.24, 2.45) is 0 Å². The normalized spacial score (nSPS) is 11.7. The second-order valence-electron chi connectivity index (χ2n) is 5.76. The number of thiocarbonyl (C=S) groups is 1. The molecule has 0 aliphatic heterocycles. The van der Waals surface area contributed by atoms with Gasteiger partial charge < -0.3 is 10.1 Å². The van der Waals surface area contributed by atoms with E-state index in [9.17, 15) is 0 Å². The van der Waals surface area contributed by atoms with Crippen molar-refractivity contribution in [1.82, 2.24) is 5.06 Å². The van der Waals surface area contributed by atoms with E-state index in [0.717, 1.165) is 11.4 Å². The van der Waals surface area contributed by atoms with Gasteiger partial charge in [0.15, 0.2) is 5.11 Å². The van der Waals surface area contributed by atoms with Crippen molar-refractivity contribution in [2.45, 2.75) is 19.8 Å². The summed E-state index contributed by atoms with van der Waals surface area (Å²) in [4.78, 5) is 5.05. The fourth-order valence-electron chi connectivity index (χ4n) is 2.16. The molecule has 0 amide bonds. The standard InChI is InChI=1S/C19H24N2O2S/c1-14-8-10-16(11-9-14)15(2)13-23-18-7-5-6-17(12-18)20-19(24)21(3)22-4/h5-12,15H,13H2,1-4H3,(H,20,24). The van der Waals surface area contributed by atoms with Crippen molar-refractivity contribution < 1.29 is 9.57 Å². The summed E-state index contributed by atoms with van der Waals surface area (Å²) in [5.41, 5.74) is 3.41. The molecule has 0 aliphatic rings. The number of hydroxylamine groups is 2. The number of rotatable bonds is 6. The van der Waals surface area contributed by atoms with Crippen LogP contribution in [0.4, 0.5) is 5.69 Å². The number of benzene rings is 2. The van der Waals surface area contributed by atoms with Gasteiger partial charge in [0.05, 0.1) is 13.7 Å². The number of ether oxygens (including phenoxy) is 1. The zero-order valence-corrected chi connectivity index (χ0v) is 15.4. The molecule has 24 heavy (non-hydrogen) atoms. The molecule has 0 saturated heterocycles. The monoisotopic (exact) mass is 344 g/mol. The lowest BCUT2D eigenvalue weighted by molar-refractivity contribution is -0.0391. The van der Waals surface area contributed by atoms with Crippen LogP contribution in [0.5, 0.6) is 5.75 Å². The van der Waals surface area contributed by atoms with Gasteiger partial charge in [-0.2, -0.15) is 0 Å². The summed E-state index contributed by atoms with van der Waals surface area (Å²) in [6, 6.07) is 16.3. The van der Waals surface area contributed by atoms with E-state index in [0.29, 0.717) is 17.6 Å². The van der Waals surface area contributed by atoms with Crippen LogP contribution in [0.3, 0.4) is 0 Å². The highest BCUT2D eigenvalue weighted by atomic mass is 32.1. The molecule has 0 aliphatic carbocycles. The maximum absolute atomic E-state index is 5.93. The minimum Gasteiger partial charge on any atom is -0.493 e. The van der Waals surface area contributed by atoms with Crippen LogP contribution < -0.4 is 10.1 Å². The number of anilines is 1. The summed E-state index contributed by atoms with van der Waals surface area (Å²) >= 11 is 5.23. The SMILES string of the molecule is CON(C)C(=S)Nc1cccc(OCC(C)c2ccc(C)cc2)c1. The average molecular weight is 344 g/mol. The van der Waals surface area contributed by atoms with Crippen molar-refractivity contribution >= 4 is 23.0 Å². The van der Waals surface area contributed by atoms with Crippen molar-refractivity contribution in [1.29, 1.82) is 0 Å². The Morgan fingerprint density at radius 2 is 1.92 bits per heavy atom. The van der Waals surface area contributed by atoms with E-state index in [1.54, 1.807) is 14.2 Å². The maximum atomic E-state index is 5.93. The molecule has 128 valence electrons. The largest absolute Gasteiger partial charge is 0.493 e. The zero-order valence-electron chi connectivity index (χ0n) is 14.6. The van der Waals surface area contributed by atoms with Crippen molar-refractivity contribution in [3.05, 3.63) is 59.7 Å². The Hall–Kier alpha value is -2.11. The van der Waals surface area contributed by atoms with Crippen LogP contribution in [0, 0.1) is 6.92 Å². The first-order valence-electron chi connectivity index (χ1n) is 7.88. The Balaban J connectivity index is 1.94. The highest BCUT2D eigenvalue weighted by Gasteiger charge is 2.08. The minimum atomic E-state index is 0.322. The topological polar surface area (TPSA) is 33.7 Å². The van der Waals surface area contributed by atoms with Crippen LogP contribution in [0.2, 0.25) is 0 Å². The second-order valence-corrected chi connectivity index (χ2v) is 6.15. The third kappa shape index (κ3) is 5.22. The van der Waals surface area contributed by atoms with Gasteiger partial charge in [-0.1, -0.05) is 42.8 Å². The van der Waals surface area contributed by atoms with Gasteiger partial charge in [0.1, 0.15) is 5.75 Å². The number of hydrogen-bond acceptors (Lipinski definition) is 3. The van der Waals surface area contributed by atoms with Crippen molar-refractivity contribution in [3.8, 4) is 5.75 Å². The Morgan fingerprint density at radius 3 is 2.58 bits per heavy atom. The van der Waals surface area contributed by atoms with Gasteiger partial charge >= 0.3 is 0 Å². The molecule has 0 heterocycles. The van der Waals surface area contributed by atoms with Gasteiger partial charge in [-0.25, -0.2) is 5.06 Å². The Labute approximate surface area is 149 Å². The Kier molecular flexibility index (Phi) is 6.58. The van der Waals surface area contributed by atoms with Crippen LogP contribution in [-0.2, 0) is 4.84 Å². The molecule has 5 heteroatoms. The second kappa shape index (κ2) is 8.66. The van der Waals surface area contributed by atoms with Crippen molar-refractivity contribution in [2.75, 3.05) is 26.1 Å². The maximum Gasteiger partial charge on any atom is 0.197 e. The molecule has 0 fully saturated rings. The van der Waals surface area contributed by atoms with Crippen molar-refractivity contribution in [3.63, 3.8) is 0 Å². The van der Waals surface area contributed by atoms with Gasteiger partial charge in [0.25, 0.3) is 0 Å². The summed E-state index contributed by atoms with van der Waals surface area (Å²) < 4.78 is 5.93. The van der Waals surface area contributed by atoms with Gasteiger partial charge in [-0.15, -0.1) is 0 Å². The minimum absolute atomic E-state index is 0.322. The summed E-state index contributed by atoms with van der Waals surface area (Å²) in [6.07, 6.45) is 0. The molecule has 2 rings (SSSR count). The summed E-state index contributed by atoms with van der Waals surface area (Å²) in [5, 5.41) is 5.09. The predicted octanol–water partition coefficient (Wildman–Crippen LogP) is 4.37. The van der Waals surface area contributed by atoms with Gasteiger partial charge in [0, 0.05) is 24.7 Å². The van der Waals surface area contributed by atoms with E-state index in [2.05, 4.69) is 43.4 Å². The van der Waals surface area contributed by atoms with E-state index in [1.165, 1.54) is 16.2 Å². The summed E-state index contributed by atoms with van der Waals surface area (Å²) in [5.74, 6) is 1.13. The number of nitrogens with one attached hydrogen (secondary N) is 1. The smallest absolute Gasteiger partial charge is 0.197 e. The molecule has 2 aromatic carbocycles. The van der Waals surface area contributed by atoms with E-state index in [-0.39, 0.29) is 0 Å². The van der Waals surface area contributed by atoms with Gasteiger partial charge in [-0.3, -0.25) is 4.84 Å². The molecule has 2 aromatic rings. The predicted molar refractivity (Wildman–Crippen MR) is 103 cm³/mol. The Morgan fingerprint density at radius 1 is 1.21 bits per heavy atom. The molecule has 1 atom stereocenters. The molecule has 4 nitrogen and oxygen atoms in total. The third-order valence-corrected chi connectivity index (χ3v) is 4.15. The average Bonchev–Trinajstić information content (AvgIpc) is 2.59. The highest BCUT2D eigenvalue weighted by Crippen LogP contribution is 2.21. The van der Waals surface area contributed by atoms with Gasteiger partial charge in [0.2, 0.25) is 0 Å². The molecular formula is C19H24N2O2S. The third-order valence-electron chi connectivity index (χ3n) is 3.79. The lowest BCUT2D eigenvalue weighted by Gasteiger charge is -2.18. The Bertz CT molecular complexity index is 673. The first kappa shape index (κ1) is 18.2. The molecule has 0 saturated carbocycles. The van der Waals surface area contributed by atoms with Crippen LogP contribution in [0.15, 0.2) is 48.5 Å². The molecule has 0 radical (unpaired) electrons. The lowest BCUT2D eigenvalue weighted by Crippen LogP contribution is -2.29. The van der Waals surface area contributed by atoms with Crippen LogP contribution in [0.1, 0.15) is 24.0 Å². The van der Waals surface area contributed by atoms with E-state index in [1.807, 2.05) is 24.3 Å². The number of aryl methyl sites for hydroxylation is 1. The number of hydrogen-bond donors (Lipinski definition) is 1. The summed E-state index contributed by atoms with van der Waals surface area (Å²) in [7, 11) is 3.32.